The van der Waals surface area contributed by atoms with Gasteiger partial charge >= 0.3 is 0 Å². The van der Waals surface area contributed by atoms with Crippen molar-refractivity contribution in [2.24, 2.45) is 0 Å². The summed E-state index contributed by atoms with van der Waals surface area (Å²) < 4.78 is 0. The number of amides is 1. The summed E-state index contributed by atoms with van der Waals surface area (Å²) in [5, 5.41) is 7.15. The van der Waals surface area contributed by atoms with E-state index in [1.807, 2.05) is 30.0 Å². The van der Waals surface area contributed by atoms with Gasteiger partial charge in [-0.1, -0.05) is 13.8 Å². The van der Waals surface area contributed by atoms with Gasteiger partial charge in [0, 0.05) is 42.8 Å². The number of pyridine rings is 2. The molecule has 1 saturated heterocycles. The van der Waals surface area contributed by atoms with Crippen molar-refractivity contribution in [1.82, 2.24) is 25.1 Å². The predicted octanol–water partition coefficient (Wildman–Crippen LogP) is 3.93. The van der Waals surface area contributed by atoms with E-state index >= 15 is 0 Å². The summed E-state index contributed by atoms with van der Waals surface area (Å²) in [7, 11) is 0. The van der Waals surface area contributed by atoms with Gasteiger partial charge in [0.1, 0.15) is 5.69 Å². The van der Waals surface area contributed by atoms with Crippen molar-refractivity contribution in [1.29, 1.82) is 0 Å². The molecular weight excluding hydrogens is 350 g/mol. The minimum Gasteiger partial charge on any atom is -0.337 e. The van der Waals surface area contributed by atoms with Gasteiger partial charge in [-0.15, -0.1) is 0 Å². The van der Waals surface area contributed by atoms with Crippen LogP contribution in [0.15, 0.2) is 42.7 Å². The first-order valence-electron chi connectivity index (χ1n) is 9.75. The van der Waals surface area contributed by atoms with E-state index in [4.69, 9.17) is 4.98 Å². The zero-order valence-corrected chi connectivity index (χ0v) is 16.5. The van der Waals surface area contributed by atoms with Gasteiger partial charge in [0.05, 0.1) is 5.69 Å². The molecule has 3 aromatic rings. The standard InChI is InChI=1S/C22H25N5O/c1-14(2)19-12-21(26-25-19)22(28)27-9-6-17(13-27)20-11-18(10-15(3)24-20)16-4-7-23-8-5-16/h4-5,7-8,10-12,14,17H,6,9,13H2,1-3H3,(H,25,26). The number of carbonyl (C=O) groups is 1. The molecule has 1 unspecified atom stereocenters. The van der Waals surface area contributed by atoms with Gasteiger partial charge in [0.25, 0.3) is 5.91 Å². The summed E-state index contributed by atoms with van der Waals surface area (Å²) in [4.78, 5) is 23.6. The van der Waals surface area contributed by atoms with Crippen LogP contribution >= 0.6 is 0 Å². The van der Waals surface area contributed by atoms with E-state index in [9.17, 15) is 4.79 Å². The number of H-pyrrole nitrogens is 1. The topological polar surface area (TPSA) is 74.8 Å². The maximum absolute atomic E-state index is 12.8. The second-order valence-electron chi connectivity index (χ2n) is 7.76. The Morgan fingerprint density at radius 2 is 1.96 bits per heavy atom. The fourth-order valence-corrected chi connectivity index (χ4v) is 3.71. The summed E-state index contributed by atoms with van der Waals surface area (Å²) in [6, 6.07) is 10.1. The Labute approximate surface area is 165 Å². The van der Waals surface area contributed by atoms with Crippen molar-refractivity contribution in [3.8, 4) is 11.1 Å². The summed E-state index contributed by atoms with van der Waals surface area (Å²) in [5.41, 5.74) is 5.80. The maximum Gasteiger partial charge on any atom is 0.271 e. The highest BCUT2D eigenvalue weighted by atomic mass is 16.2. The molecule has 1 fully saturated rings. The lowest BCUT2D eigenvalue weighted by Crippen LogP contribution is -2.28. The van der Waals surface area contributed by atoms with Crippen LogP contribution in [0.5, 0.6) is 0 Å². The molecule has 3 aromatic heterocycles. The lowest BCUT2D eigenvalue weighted by Gasteiger charge is -2.16. The SMILES string of the molecule is Cc1cc(-c2ccncc2)cc(C2CCN(C(=O)c3cc(C(C)C)n[nH]3)C2)n1. The van der Waals surface area contributed by atoms with Gasteiger partial charge < -0.3 is 4.90 Å². The molecule has 6 nitrogen and oxygen atoms in total. The number of hydrogen-bond donors (Lipinski definition) is 1. The second-order valence-corrected chi connectivity index (χ2v) is 7.76. The highest BCUT2D eigenvalue weighted by Gasteiger charge is 2.30. The molecule has 0 saturated carbocycles. The molecule has 1 amide bonds. The minimum atomic E-state index is 0.0175. The molecule has 1 aliphatic heterocycles. The van der Waals surface area contributed by atoms with Gasteiger partial charge in [-0.05, 0) is 60.7 Å². The molecule has 1 atom stereocenters. The van der Waals surface area contributed by atoms with E-state index in [1.54, 1.807) is 12.4 Å². The fourth-order valence-electron chi connectivity index (χ4n) is 3.71. The molecule has 0 radical (unpaired) electrons. The van der Waals surface area contributed by atoms with Crippen molar-refractivity contribution < 1.29 is 4.79 Å². The molecular formula is C22H25N5O. The highest BCUT2D eigenvalue weighted by Crippen LogP contribution is 2.30. The Kier molecular flexibility index (Phi) is 4.94. The Morgan fingerprint density at radius 3 is 2.68 bits per heavy atom. The largest absolute Gasteiger partial charge is 0.337 e. The number of rotatable bonds is 4. The first-order valence-corrected chi connectivity index (χ1v) is 9.75. The van der Waals surface area contributed by atoms with E-state index in [1.165, 1.54) is 0 Å². The van der Waals surface area contributed by atoms with E-state index in [-0.39, 0.29) is 11.8 Å². The van der Waals surface area contributed by atoms with Gasteiger partial charge in [-0.25, -0.2) is 0 Å². The zero-order valence-electron chi connectivity index (χ0n) is 16.5. The highest BCUT2D eigenvalue weighted by molar-refractivity contribution is 5.92. The third-order valence-electron chi connectivity index (χ3n) is 5.30. The minimum absolute atomic E-state index is 0.0175. The number of nitrogens with zero attached hydrogens (tertiary/aromatic N) is 4. The van der Waals surface area contributed by atoms with E-state index in [2.05, 4.69) is 41.2 Å². The quantitative estimate of drug-likeness (QED) is 0.750. The summed E-state index contributed by atoms with van der Waals surface area (Å²) in [6.45, 7) is 7.57. The molecule has 0 spiro atoms. The number of aryl methyl sites for hydroxylation is 1. The normalized spacial score (nSPS) is 16.7. The summed E-state index contributed by atoms with van der Waals surface area (Å²) in [6.07, 6.45) is 4.52. The van der Waals surface area contributed by atoms with Crippen molar-refractivity contribution in [2.75, 3.05) is 13.1 Å². The molecule has 144 valence electrons. The third kappa shape index (κ3) is 3.67. The smallest absolute Gasteiger partial charge is 0.271 e. The van der Waals surface area contributed by atoms with Crippen molar-refractivity contribution >= 4 is 5.91 Å². The monoisotopic (exact) mass is 375 g/mol. The van der Waals surface area contributed by atoms with Crippen LogP contribution in [-0.2, 0) is 0 Å². The van der Waals surface area contributed by atoms with Gasteiger partial charge in [-0.2, -0.15) is 5.10 Å². The second kappa shape index (κ2) is 7.54. The van der Waals surface area contributed by atoms with Gasteiger partial charge in [0.15, 0.2) is 0 Å². The van der Waals surface area contributed by atoms with E-state index in [0.29, 0.717) is 18.2 Å². The molecule has 0 aliphatic carbocycles. The Morgan fingerprint density at radius 1 is 1.18 bits per heavy atom. The average Bonchev–Trinajstić information content (AvgIpc) is 3.38. The fraction of sp³-hybridized carbons (Fsp3) is 0.364. The van der Waals surface area contributed by atoms with Crippen molar-refractivity contribution in [3.63, 3.8) is 0 Å². The molecule has 6 heteroatoms. The molecule has 0 bridgehead atoms. The van der Waals surface area contributed by atoms with Crippen LogP contribution in [0.2, 0.25) is 0 Å². The average molecular weight is 375 g/mol. The first kappa shape index (κ1) is 18.3. The number of aromatic amines is 1. The number of hydrogen-bond acceptors (Lipinski definition) is 4. The Hall–Kier alpha value is -3.02. The molecule has 4 heterocycles. The van der Waals surface area contributed by atoms with Crippen LogP contribution in [0, 0.1) is 6.92 Å². The van der Waals surface area contributed by atoms with Crippen LogP contribution in [0.3, 0.4) is 0 Å². The third-order valence-corrected chi connectivity index (χ3v) is 5.30. The van der Waals surface area contributed by atoms with Crippen LogP contribution in [0.25, 0.3) is 11.1 Å². The number of carbonyl (C=O) groups excluding carboxylic acids is 1. The Bertz CT molecular complexity index is 980. The van der Waals surface area contributed by atoms with Crippen LogP contribution in [0.4, 0.5) is 0 Å². The number of nitrogens with one attached hydrogen (secondary N) is 1. The lowest BCUT2D eigenvalue weighted by molar-refractivity contribution is 0.0785. The summed E-state index contributed by atoms with van der Waals surface area (Å²) in [5.74, 6) is 0.563. The molecule has 1 aliphatic rings. The van der Waals surface area contributed by atoms with Crippen LogP contribution < -0.4 is 0 Å². The van der Waals surface area contributed by atoms with Crippen molar-refractivity contribution in [2.45, 2.75) is 39.0 Å². The predicted molar refractivity (Wildman–Crippen MR) is 108 cm³/mol. The van der Waals surface area contributed by atoms with Gasteiger partial charge in [-0.3, -0.25) is 19.9 Å². The van der Waals surface area contributed by atoms with Crippen LogP contribution in [0.1, 0.15) is 59.7 Å². The zero-order chi connectivity index (χ0) is 19.7. The number of aromatic nitrogens is 4. The Balaban J connectivity index is 1.52. The lowest BCUT2D eigenvalue weighted by atomic mass is 9.99. The van der Waals surface area contributed by atoms with E-state index in [0.717, 1.165) is 41.2 Å². The number of likely N-dealkylation sites (tertiary alicyclic amines) is 1. The summed E-state index contributed by atoms with van der Waals surface area (Å²) >= 11 is 0. The molecule has 4 rings (SSSR count). The molecule has 1 N–H and O–H groups in total. The molecule has 0 aromatic carbocycles. The molecule has 28 heavy (non-hydrogen) atoms. The van der Waals surface area contributed by atoms with Crippen molar-refractivity contribution in [3.05, 3.63) is 65.5 Å². The van der Waals surface area contributed by atoms with E-state index < -0.39 is 0 Å². The van der Waals surface area contributed by atoms with Crippen LogP contribution in [-0.4, -0.2) is 44.1 Å². The first-order chi connectivity index (χ1) is 13.5. The maximum atomic E-state index is 12.8. The van der Waals surface area contributed by atoms with Gasteiger partial charge in [0.2, 0.25) is 0 Å².